The van der Waals surface area contributed by atoms with Crippen LogP contribution in [0.25, 0.3) is 0 Å². The summed E-state index contributed by atoms with van der Waals surface area (Å²) in [6.45, 7) is 2.36. The lowest BCUT2D eigenvalue weighted by Crippen LogP contribution is -2.63. The SMILES string of the molecule is Cc1cccc2c1B1c3c(I)cccc3N(c3ccccc3)c3nccc(c31)N2c1ccccc1. The average Bonchev–Trinajstić information content (AvgIpc) is 2.90. The van der Waals surface area contributed by atoms with E-state index in [1.807, 2.05) is 6.20 Å². The second-order valence-corrected chi connectivity index (χ2v) is 10.2. The van der Waals surface area contributed by atoms with Gasteiger partial charge in [0, 0.05) is 38.2 Å². The molecule has 0 bridgehead atoms. The zero-order chi connectivity index (χ0) is 23.5. The first kappa shape index (κ1) is 20.8. The fourth-order valence-electron chi connectivity index (χ4n) is 5.72. The summed E-state index contributed by atoms with van der Waals surface area (Å²) >= 11 is 2.51. The molecule has 0 atom stereocenters. The Morgan fingerprint density at radius 2 is 1.20 bits per heavy atom. The van der Waals surface area contributed by atoms with Crippen LogP contribution < -0.4 is 26.2 Å². The normalized spacial score (nSPS) is 13.3. The van der Waals surface area contributed by atoms with Gasteiger partial charge in [-0.3, -0.25) is 4.90 Å². The molecule has 3 nitrogen and oxygen atoms in total. The van der Waals surface area contributed by atoms with E-state index in [1.165, 1.54) is 42.6 Å². The van der Waals surface area contributed by atoms with Crippen molar-refractivity contribution in [2.75, 3.05) is 9.80 Å². The predicted octanol–water partition coefficient (Wildman–Crippen LogP) is 6.08. The largest absolute Gasteiger partial charge is 0.311 e. The number of hydrogen-bond acceptors (Lipinski definition) is 3. The number of halogens is 1. The summed E-state index contributed by atoms with van der Waals surface area (Å²) in [5, 5.41) is 0. The van der Waals surface area contributed by atoms with Crippen LogP contribution in [-0.2, 0) is 0 Å². The van der Waals surface area contributed by atoms with Gasteiger partial charge in [-0.05, 0) is 94.4 Å². The van der Waals surface area contributed by atoms with Crippen molar-refractivity contribution < 1.29 is 0 Å². The molecule has 0 unspecified atom stereocenters. The molecule has 35 heavy (non-hydrogen) atoms. The van der Waals surface area contributed by atoms with Gasteiger partial charge in [0.2, 0.25) is 0 Å². The Morgan fingerprint density at radius 1 is 0.600 bits per heavy atom. The molecule has 166 valence electrons. The number of pyridine rings is 1. The highest BCUT2D eigenvalue weighted by atomic mass is 127. The topological polar surface area (TPSA) is 19.4 Å². The van der Waals surface area contributed by atoms with E-state index in [4.69, 9.17) is 4.98 Å². The van der Waals surface area contributed by atoms with Crippen LogP contribution >= 0.6 is 22.6 Å². The number of aryl methyl sites for hydroxylation is 1. The zero-order valence-corrected chi connectivity index (χ0v) is 21.3. The van der Waals surface area contributed by atoms with Crippen molar-refractivity contribution in [3.8, 4) is 0 Å². The van der Waals surface area contributed by atoms with Gasteiger partial charge in [0.15, 0.2) is 0 Å². The number of rotatable bonds is 2. The van der Waals surface area contributed by atoms with Crippen LogP contribution in [0.3, 0.4) is 0 Å². The Balaban J connectivity index is 1.62. The first-order chi connectivity index (χ1) is 17.2. The molecule has 7 rings (SSSR count). The minimum Gasteiger partial charge on any atom is -0.311 e. The van der Waals surface area contributed by atoms with E-state index < -0.39 is 0 Å². The van der Waals surface area contributed by atoms with Crippen molar-refractivity contribution in [1.29, 1.82) is 0 Å². The van der Waals surface area contributed by atoms with Crippen molar-refractivity contribution in [3.05, 3.63) is 118 Å². The molecule has 0 spiro atoms. The number of anilines is 6. The maximum Gasteiger partial charge on any atom is 0.255 e. The van der Waals surface area contributed by atoms with Crippen molar-refractivity contribution in [2.24, 2.45) is 0 Å². The summed E-state index contributed by atoms with van der Waals surface area (Å²) < 4.78 is 1.27. The molecular formula is C30H21BIN3. The summed E-state index contributed by atoms with van der Waals surface area (Å²) in [6, 6.07) is 36.7. The van der Waals surface area contributed by atoms with E-state index in [-0.39, 0.29) is 6.71 Å². The lowest BCUT2D eigenvalue weighted by atomic mass is 9.33. The Kier molecular flexibility index (Phi) is 4.74. The molecule has 1 aromatic heterocycles. The average molecular weight is 561 g/mol. The highest BCUT2D eigenvalue weighted by molar-refractivity contribution is 14.1. The first-order valence-corrected chi connectivity index (χ1v) is 12.9. The minimum absolute atomic E-state index is 0.118. The number of aromatic nitrogens is 1. The number of para-hydroxylation sites is 2. The summed E-state index contributed by atoms with van der Waals surface area (Å²) in [7, 11) is 0. The summed E-state index contributed by atoms with van der Waals surface area (Å²) in [6.07, 6.45) is 1.96. The molecule has 0 saturated carbocycles. The van der Waals surface area contributed by atoms with Gasteiger partial charge in [-0.15, -0.1) is 0 Å². The summed E-state index contributed by atoms with van der Waals surface area (Å²) in [4.78, 5) is 9.76. The van der Waals surface area contributed by atoms with Crippen LogP contribution in [0.1, 0.15) is 5.56 Å². The van der Waals surface area contributed by atoms with Crippen molar-refractivity contribution in [3.63, 3.8) is 0 Å². The van der Waals surface area contributed by atoms with Gasteiger partial charge >= 0.3 is 0 Å². The smallest absolute Gasteiger partial charge is 0.255 e. The molecule has 4 aromatic carbocycles. The van der Waals surface area contributed by atoms with Gasteiger partial charge in [0.05, 0.1) is 0 Å². The number of nitrogens with zero attached hydrogens (tertiary/aromatic N) is 3. The molecule has 0 fully saturated rings. The van der Waals surface area contributed by atoms with Crippen molar-refractivity contribution in [2.45, 2.75) is 6.92 Å². The number of hydrogen-bond donors (Lipinski definition) is 0. The Morgan fingerprint density at radius 3 is 1.91 bits per heavy atom. The highest BCUT2D eigenvalue weighted by Crippen LogP contribution is 2.43. The summed E-state index contributed by atoms with van der Waals surface area (Å²) in [5.74, 6) is 1.00. The zero-order valence-electron chi connectivity index (χ0n) is 19.2. The maximum atomic E-state index is 5.03. The molecule has 0 aliphatic carbocycles. The van der Waals surface area contributed by atoms with E-state index in [9.17, 15) is 0 Å². The van der Waals surface area contributed by atoms with E-state index in [0.717, 1.165) is 17.2 Å². The maximum absolute atomic E-state index is 5.03. The predicted molar refractivity (Wildman–Crippen MR) is 156 cm³/mol. The highest BCUT2D eigenvalue weighted by Gasteiger charge is 2.45. The van der Waals surface area contributed by atoms with E-state index in [2.05, 4.69) is 142 Å². The fourth-order valence-corrected chi connectivity index (χ4v) is 6.51. The van der Waals surface area contributed by atoms with E-state index >= 15 is 0 Å². The molecule has 2 aliphatic rings. The van der Waals surface area contributed by atoms with Gasteiger partial charge in [0.1, 0.15) is 5.82 Å². The molecule has 0 saturated heterocycles. The van der Waals surface area contributed by atoms with Crippen LogP contribution in [0.2, 0.25) is 0 Å². The second kappa shape index (κ2) is 7.99. The fraction of sp³-hybridized carbons (Fsp3) is 0.0333. The third-order valence-corrected chi connectivity index (χ3v) is 8.05. The monoisotopic (exact) mass is 561 g/mol. The van der Waals surface area contributed by atoms with Crippen LogP contribution in [0, 0.1) is 10.5 Å². The third-order valence-electron chi connectivity index (χ3n) is 7.11. The molecular weight excluding hydrogens is 540 g/mol. The summed E-state index contributed by atoms with van der Waals surface area (Å²) in [5.41, 5.74) is 11.2. The Labute approximate surface area is 219 Å². The molecule has 0 amide bonds. The van der Waals surface area contributed by atoms with Crippen LogP contribution in [-0.4, -0.2) is 11.7 Å². The molecule has 3 heterocycles. The van der Waals surface area contributed by atoms with Gasteiger partial charge in [-0.25, -0.2) is 4.98 Å². The molecule has 0 N–H and O–H groups in total. The van der Waals surface area contributed by atoms with Crippen LogP contribution in [0.4, 0.5) is 34.3 Å². The molecule has 0 radical (unpaired) electrons. The Hall–Kier alpha value is -3.58. The Bertz CT molecular complexity index is 1470. The van der Waals surface area contributed by atoms with Crippen LogP contribution in [0.5, 0.6) is 0 Å². The van der Waals surface area contributed by atoms with Crippen molar-refractivity contribution in [1.82, 2.24) is 4.98 Å². The van der Waals surface area contributed by atoms with E-state index in [1.54, 1.807) is 0 Å². The van der Waals surface area contributed by atoms with Gasteiger partial charge in [-0.2, -0.15) is 0 Å². The van der Waals surface area contributed by atoms with Gasteiger partial charge in [-0.1, -0.05) is 60.2 Å². The number of benzene rings is 4. The third kappa shape index (κ3) is 3.01. The standard InChI is InChI=1S/C30H21BIN3/c1-20-10-8-16-24-27(20)31-28-23(32)15-9-17-25(28)35(22-13-6-3-7-14-22)30-29(31)26(18-19-33-30)34(24)21-11-4-2-5-12-21/h2-19H,1H3. The lowest BCUT2D eigenvalue weighted by molar-refractivity contribution is 1.17. The molecule has 2 aliphatic heterocycles. The lowest BCUT2D eigenvalue weighted by Gasteiger charge is -2.44. The first-order valence-electron chi connectivity index (χ1n) is 11.8. The van der Waals surface area contributed by atoms with Crippen LogP contribution in [0.15, 0.2) is 109 Å². The van der Waals surface area contributed by atoms with Gasteiger partial charge < -0.3 is 4.90 Å². The minimum atomic E-state index is 0.118. The quantitative estimate of drug-likeness (QED) is 0.189. The van der Waals surface area contributed by atoms with E-state index in [0.29, 0.717) is 0 Å². The molecule has 5 aromatic rings. The number of fused-ring (bicyclic) bond motifs is 4. The van der Waals surface area contributed by atoms with Gasteiger partial charge in [0.25, 0.3) is 6.71 Å². The second-order valence-electron chi connectivity index (χ2n) is 9.02. The molecule has 5 heteroatoms. The van der Waals surface area contributed by atoms with Crippen molar-refractivity contribution >= 4 is 79.9 Å².